The number of aromatic nitrogens is 1. The molecule has 5 amide bonds. The molecule has 5 aromatic rings. The Bertz CT molecular complexity index is 2530. The summed E-state index contributed by atoms with van der Waals surface area (Å²) in [5.74, 6) is -0.300. The molecule has 1 aromatic heterocycles. The first-order chi connectivity index (χ1) is 33.8. The summed E-state index contributed by atoms with van der Waals surface area (Å²) in [6.07, 6.45) is -1.64. The number of benzene rings is 4. The number of aldehydes is 1. The van der Waals surface area contributed by atoms with E-state index in [4.69, 9.17) is 23.7 Å². The fraction of sp³-hybridized carbons (Fsp3) is 0.286. The van der Waals surface area contributed by atoms with Crippen molar-refractivity contribution in [2.45, 2.75) is 25.1 Å². The van der Waals surface area contributed by atoms with E-state index in [1.807, 2.05) is 0 Å². The van der Waals surface area contributed by atoms with E-state index in [0.29, 0.717) is 105 Å². The molecule has 6 rings (SSSR count). The first-order valence-electron chi connectivity index (χ1n) is 21.8. The maximum absolute atomic E-state index is 13.2. The van der Waals surface area contributed by atoms with Crippen molar-refractivity contribution in [3.8, 4) is 17.2 Å². The van der Waals surface area contributed by atoms with E-state index >= 15 is 0 Å². The van der Waals surface area contributed by atoms with E-state index in [1.165, 1.54) is 31.4 Å². The van der Waals surface area contributed by atoms with Gasteiger partial charge in [-0.2, -0.15) is 13.2 Å². The van der Waals surface area contributed by atoms with Crippen LogP contribution >= 0.6 is 0 Å². The molecule has 0 bridgehead atoms. The molecular formula is C49H52F3N7O11. The number of ether oxygens (including phenoxy) is 5. The third-order valence-corrected chi connectivity index (χ3v) is 10.1. The summed E-state index contributed by atoms with van der Waals surface area (Å²) in [6, 6.07) is 25.7. The summed E-state index contributed by atoms with van der Waals surface area (Å²) in [5.41, 5.74) is 2.02. The summed E-state index contributed by atoms with van der Waals surface area (Å²) in [5, 5.41) is 13.6. The molecule has 70 heavy (non-hydrogen) atoms. The highest BCUT2D eigenvalue weighted by Crippen LogP contribution is 2.32. The Hall–Kier alpha value is -7.88. The van der Waals surface area contributed by atoms with Gasteiger partial charge >= 0.3 is 6.18 Å². The number of imide groups is 1. The Morgan fingerprint density at radius 2 is 1.39 bits per heavy atom. The van der Waals surface area contributed by atoms with Crippen molar-refractivity contribution in [1.82, 2.24) is 15.2 Å². The zero-order chi connectivity index (χ0) is 50.3. The highest BCUT2D eigenvalue weighted by Gasteiger charge is 2.41. The number of hydrogen-bond donors (Lipinski definition) is 5. The third kappa shape index (κ3) is 16.1. The molecule has 0 fully saturated rings. The number of halogens is 3. The summed E-state index contributed by atoms with van der Waals surface area (Å²) >= 11 is 0. The Balaban J connectivity index is 0.000000663. The molecule has 2 heterocycles. The molecule has 0 radical (unpaired) electrons. The second-order valence-electron chi connectivity index (χ2n) is 14.8. The molecule has 21 heteroatoms. The van der Waals surface area contributed by atoms with Crippen molar-refractivity contribution in [3.05, 3.63) is 132 Å². The smallest absolute Gasteiger partial charge is 0.416 e. The average Bonchev–Trinajstić information content (AvgIpc) is 3.62. The van der Waals surface area contributed by atoms with Gasteiger partial charge in [0.25, 0.3) is 17.7 Å². The van der Waals surface area contributed by atoms with Crippen LogP contribution in [0, 0.1) is 0 Å². The summed E-state index contributed by atoms with van der Waals surface area (Å²) in [6.45, 7) is 2.73. The van der Waals surface area contributed by atoms with Gasteiger partial charge in [0.15, 0.2) is 0 Å². The lowest BCUT2D eigenvalue weighted by molar-refractivity contribution is -0.137. The molecule has 0 spiro atoms. The highest BCUT2D eigenvalue weighted by molar-refractivity contribution is 6.24. The van der Waals surface area contributed by atoms with Crippen molar-refractivity contribution in [2.24, 2.45) is 0 Å². The van der Waals surface area contributed by atoms with E-state index in [1.54, 1.807) is 79.8 Å². The second kappa shape index (κ2) is 27.2. The number of fused-ring (bicyclic) bond motifs is 1. The molecule has 1 atom stereocenters. The molecule has 1 aliphatic heterocycles. The molecule has 18 nitrogen and oxygen atoms in total. The third-order valence-electron chi connectivity index (χ3n) is 10.1. The van der Waals surface area contributed by atoms with Crippen molar-refractivity contribution in [3.63, 3.8) is 0 Å². The first-order valence-corrected chi connectivity index (χ1v) is 21.8. The lowest BCUT2D eigenvalue weighted by atomic mass is 10.1. The molecule has 0 saturated heterocycles. The fourth-order valence-electron chi connectivity index (χ4n) is 6.53. The molecule has 1 unspecified atom stereocenters. The normalized spacial score (nSPS) is 12.2. The van der Waals surface area contributed by atoms with Gasteiger partial charge in [-0.05, 0) is 91.3 Å². The monoisotopic (exact) mass is 971 g/mol. The summed E-state index contributed by atoms with van der Waals surface area (Å²) in [4.78, 5) is 78.0. The Kier molecular flexibility index (Phi) is 20.6. The van der Waals surface area contributed by atoms with Gasteiger partial charge in [0.1, 0.15) is 35.8 Å². The van der Waals surface area contributed by atoms with Crippen LogP contribution < -0.4 is 36.1 Å². The minimum atomic E-state index is -4.26. The minimum Gasteiger partial charge on any atom is -0.491 e. The van der Waals surface area contributed by atoms with Crippen molar-refractivity contribution in [1.29, 1.82) is 0 Å². The first kappa shape index (κ1) is 53.1. The van der Waals surface area contributed by atoms with Crippen LogP contribution in [0.25, 0.3) is 0 Å². The maximum atomic E-state index is 13.2. The number of carbonyl (C=O) groups is 6. The predicted molar refractivity (Wildman–Crippen MR) is 252 cm³/mol. The van der Waals surface area contributed by atoms with Crippen LogP contribution in [-0.2, 0) is 34.8 Å². The van der Waals surface area contributed by atoms with E-state index in [-0.39, 0.29) is 35.6 Å². The predicted octanol–water partition coefficient (Wildman–Crippen LogP) is 6.67. The van der Waals surface area contributed by atoms with Crippen LogP contribution in [0.4, 0.5) is 35.9 Å². The van der Waals surface area contributed by atoms with Gasteiger partial charge in [0.2, 0.25) is 12.3 Å². The number of alkyl halides is 3. The topological polar surface area (TPSA) is 225 Å². The van der Waals surface area contributed by atoms with Gasteiger partial charge in [0.05, 0.1) is 62.4 Å². The number of nitrogens with one attached hydrogen (secondary N) is 5. The van der Waals surface area contributed by atoms with Crippen LogP contribution in [0.5, 0.6) is 17.2 Å². The van der Waals surface area contributed by atoms with E-state index < -0.39 is 35.5 Å². The molecule has 4 aromatic carbocycles. The number of pyridine rings is 1. The van der Waals surface area contributed by atoms with Crippen LogP contribution in [0.1, 0.15) is 49.6 Å². The maximum Gasteiger partial charge on any atom is 0.416 e. The lowest BCUT2D eigenvalue weighted by Crippen LogP contribution is -2.41. The van der Waals surface area contributed by atoms with Crippen molar-refractivity contribution >= 4 is 59.1 Å². The van der Waals surface area contributed by atoms with Crippen LogP contribution in [0.2, 0.25) is 0 Å². The number of hydrogen-bond acceptors (Lipinski definition) is 14. The second-order valence-corrected chi connectivity index (χ2v) is 14.8. The van der Waals surface area contributed by atoms with Gasteiger partial charge in [-0.15, -0.1) is 0 Å². The number of anilines is 4. The largest absolute Gasteiger partial charge is 0.491 e. The molecule has 5 N–H and O–H groups in total. The molecule has 370 valence electrons. The molecular weight excluding hydrogens is 920 g/mol. The van der Waals surface area contributed by atoms with Gasteiger partial charge in [-0.1, -0.05) is 12.1 Å². The Morgan fingerprint density at radius 3 is 2.04 bits per heavy atom. The van der Waals surface area contributed by atoms with Gasteiger partial charge in [0, 0.05) is 62.1 Å². The zero-order valence-electron chi connectivity index (χ0n) is 38.2. The van der Waals surface area contributed by atoms with Crippen molar-refractivity contribution < 1.29 is 65.6 Å². The van der Waals surface area contributed by atoms with Crippen LogP contribution in [0.3, 0.4) is 0 Å². The molecule has 0 aliphatic carbocycles. The summed E-state index contributed by atoms with van der Waals surface area (Å²) in [7, 11) is 3.05. The molecule has 1 aliphatic rings. The molecule has 0 saturated carbocycles. The number of nitrogens with zero attached hydrogens (tertiary/aromatic N) is 2. The number of carbonyl (C=O) groups excluding carboxylic acids is 6. The van der Waals surface area contributed by atoms with Gasteiger partial charge in [-0.3, -0.25) is 33.9 Å². The zero-order valence-corrected chi connectivity index (χ0v) is 38.2. The van der Waals surface area contributed by atoms with Crippen molar-refractivity contribution in [2.75, 3.05) is 88.2 Å². The van der Waals surface area contributed by atoms with Gasteiger partial charge < -0.3 is 55.1 Å². The Labute approximate surface area is 401 Å². The van der Waals surface area contributed by atoms with Gasteiger partial charge in [-0.25, -0.2) is 0 Å². The SMILES string of the molecule is CNC(=O)CCC(C=O)N1C(=O)c2cccc(NCCOCCOCCOCCOc3ccc(NC(=O)c4cc(Oc5ccc(NC=O)cc5)ccn4)cc3)c2C1=O.CNc1cccc(C(F)(F)F)c1. The van der Waals surface area contributed by atoms with E-state index in [9.17, 15) is 41.9 Å². The quantitative estimate of drug-likeness (QED) is 0.0222. The lowest BCUT2D eigenvalue weighted by Gasteiger charge is -2.21. The van der Waals surface area contributed by atoms with E-state index in [0.717, 1.165) is 17.0 Å². The average molecular weight is 972 g/mol. The number of rotatable bonds is 26. The number of amides is 5. The Morgan fingerprint density at radius 1 is 0.729 bits per heavy atom. The summed E-state index contributed by atoms with van der Waals surface area (Å²) < 4.78 is 64.5. The standard InChI is InChI=1S/C41H44N6O11.C8H8F3N/c1-42-37(50)14-9-30(26-48)47-40(52)34-3-2-4-35(38(34)41(47)53)44-17-18-54-19-20-55-21-22-56-23-24-57-31-10-7-29(8-11-31)46-39(51)36-25-33(15-16-43-36)58-32-12-5-28(6-13-32)45-27-49;1-12-7-4-2-3-6(5-7)8(9,10)11/h2-8,10-13,15-16,25-27,30,44H,9,14,17-24H2,1H3,(H,42,50)(H,45,49)(H,46,51);2-5,12H,1H3. The van der Waals surface area contributed by atoms with E-state index in [2.05, 4.69) is 31.6 Å². The van der Waals surface area contributed by atoms with Crippen LogP contribution in [-0.4, -0.2) is 119 Å². The van der Waals surface area contributed by atoms with Crippen LogP contribution in [0.15, 0.2) is 109 Å². The minimum absolute atomic E-state index is 0.00143. The fourth-order valence-corrected chi connectivity index (χ4v) is 6.53. The highest BCUT2D eigenvalue weighted by atomic mass is 19.4.